The molecule has 0 radical (unpaired) electrons. The molecule has 0 aliphatic rings. The number of hydrogen-bond acceptors (Lipinski definition) is 3. The average molecular weight is 194 g/mol. The summed E-state index contributed by atoms with van der Waals surface area (Å²) in [6.45, 7) is 3.57. The highest BCUT2D eigenvalue weighted by atomic mass is 16.1. The number of aromatic nitrogens is 2. The van der Waals surface area contributed by atoms with E-state index in [1.54, 1.807) is 37.8 Å². The second kappa shape index (κ2) is 4.17. The lowest BCUT2D eigenvalue weighted by Crippen LogP contribution is -2.13. The van der Waals surface area contributed by atoms with E-state index >= 15 is 0 Å². The Morgan fingerprint density at radius 3 is 2.57 bits per heavy atom. The minimum Gasteiger partial charge on any atom is -0.299 e. The van der Waals surface area contributed by atoms with E-state index in [9.17, 15) is 9.59 Å². The van der Waals surface area contributed by atoms with Crippen molar-refractivity contribution in [2.75, 3.05) is 0 Å². The molecule has 1 rings (SSSR count). The van der Waals surface area contributed by atoms with Gasteiger partial charge in [-0.3, -0.25) is 14.3 Å². The van der Waals surface area contributed by atoms with Crippen LogP contribution < -0.4 is 0 Å². The second-order valence-electron chi connectivity index (χ2n) is 3.60. The molecule has 14 heavy (non-hydrogen) atoms. The monoisotopic (exact) mass is 194 g/mol. The molecule has 0 saturated heterocycles. The Hall–Kier alpha value is -1.45. The largest absolute Gasteiger partial charge is 0.299 e. The molecule has 1 heterocycles. The summed E-state index contributed by atoms with van der Waals surface area (Å²) in [6, 6.07) is 1.62. The molecule has 0 aliphatic heterocycles. The summed E-state index contributed by atoms with van der Waals surface area (Å²) in [4.78, 5) is 22.8. The van der Waals surface area contributed by atoms with Crippen LogP contribution >= 0.6 is 0 Å². The molecule has 0 atom stereocenters. The van der Waals surface area contributed by atoms with Gasteiger partial charge in [0.15, 0.2) is 5.78 Å². The number of ketones is 2. The summed E-state index contributed by atoms with van der Waals surface area (Å²) in [7, 11) is 1.74. The van der Waals surface area contributed by atoms with Crippen LogP contribution in [-0.4, -0.2) is 21.3 Å². The van der Waals surface area contributed by atoms with E-state index < -0.39 is 0 Å². The minimum atomic E-state index is -0.204. The molecule has 0 aromatic carbocycles. The van der Waals surface area contributed by atoms with Gasteiger partial charge in [0.2, 0.25) is 0 Å². The van der Waals surface area contributed by atoms with E-state index in [4.69, 9.17) is 0 Å². The van der Waals surface area contributed by atoms with E-state index in [1.165, 1.54) is 0 Å². The van der Waals surface area contributed by atoms with Crippen LogP contribution in [0.5, 0.6) is 0 Å². The van der Waals surface area contributed by atoms with Crippen LogP contribution in [0, 0.1) is 5.92 Å². The van der Waals surface area contributed by atoms with Gasteiger partial charge in [0, 0.05) is 19.2 Å². The SMILES string of the molecule is CC(C)C(=O)CC(=O)c1ccn(C)n1. The molecule has 4 nitrogen and oxygen atoms in total. The van der Waals surface area contributed by atoms with Crippen LogP contribution in [-0.2, 0) is 11.8 Å². The number of hydrogen-bond donors (Lipinski definition) is 0. The topological polar surface area (TPSA) is 52.0 Å². The van der Waals surface area contributed by atoms with Crippen molar-refractivity contribution in [2.45, 2.75) is 20.3 Å². The maximum absolute atomic E-state index is 11.5. The molecule has 4 heteroatoms. The van der Waals surface area contributed by atoms with Gasteiger partial charge < -0.3 is 0 Å². The lowest BCUT2D eigenvalue weighted by molar-refractivity contribution is -0.121. The molecule has 0 N–H and O–H groups in total. The van der Waals surface area contributed by atoms with Crippen molar-refractivity contribution in [3.8, 4) is 0 Å². The van der Waals surface area contributed by atoms with Crippen LogP contribution in [0.15, 0.2) is 12.3 Å². The smallest absolute Gasteiger partial charge is 0.190 e. The van der Waals surface area contributed by atoms with Gasteiger partial charge in [-0.05, 0) is 6.07 Å². The van der Waals surface area contributed by atoms with Gasteiger partial charge in [0.1, 0.15) is 11.5 Å². The first kappa shape index (κ1) is 10.6. The van der Waals surface area contributed by atoms with Crippen LogP contribution in [0.3, 0.4) is 0 Å². The summed E-state index contributed by atoms with van der Waals surface area (Å²) in [6.07, 6.45) is 1.64. The number of nitrogens with zero attached hydrogens (tertiary/aromatic N) is 2. The Labute approximate surface area is 82.9 Å². The molecule has 0 spiro atoms. The first-order valence-electron chi connectivity index (χ1n) is 4.56. The highest BCUT2D eigenvalue weighted by Gasteiger charge is 2.16. The normalized spacial score (nSPS) is 10.6. The third-order valence-corrected chi connectivity index (χ3v) is 1.98. The maximum Gasteiger partial charge on any atom is 0.190 e. The average Bonchev–Trinajstić information content (AvgIpc) is 2.51. The molecule has 0 saturated carbocycles. The molecule has 0 bridgehead atoms. The molecular weight excluding hydrogens is 180 g/mol. The molecule has 1 aromatic rings. The Bertz CT molecular complexity index is 353. The van der Waals surface area contributed by atoms with Gasteiger partial charge >= 0.3 is 0 Å². The fourth-order valence-corrected chi connectivity index (χ4v) is 1.02. The van der Waals surface area contributed by atoms with Gasteiger partial charge in [0.25, 0.3) is 0 Å². The van der Waals surface area contributed by atoms with Crippen LogP contribution in [0.1, 0.15) is 30.8 Å². The quantitative estimate of drug-likeness (QED) is 0.535. The van der Waals surface area contributed by atoms with Gasteiger partial charge in [-0.25, -0.2) is 0 Å². The van der Waals surface area contributed by atoms with Crippen LogP contribution in [0.2, 0.25) is 0 Å². The van der Waals surface area contributed by atoms with Crippen molar-refractivity contribution < 1.29 is 9.59 Å². The van der Waals surface area contributed by atoms with Crippen molar-refractivity contribution in [1.29, 1.82) is 0 Å². The highest BCUT2D eigenvalue weighted by Crippen LogP contribution is 2.05. The third-order valence-electron chi connectivity index (χ3n) is 1.98. The zero-order valence-corrected chi connectivity index (χ0v) is 8.65. The fraction of sp³-hybridized carbons (Fsp3) is 0.500. The van der Waals surface area contributed by atoms with Crippen LogP contribution in [0.4, 0.5) is 0 Å². The van der Waals surface area contributed by atoms with Gasteiger partial charge in [0.05, 0.1) is 6.42 Å². The van der Waals surface area contributed by atoms with E-state index in [-0.39, 0.29) is 23.9 Å². The van der Waals surface area contributed by atoms with Crippen molar-refractivity contribution in [1.82, 2.24) is 9.78 Å². The van der Waals surface area contributed by atoms with Crippen molar-refractivity contribution >= 4 is 11.6 Å². The first-order chi connectivity index (χ1) is 6.50. The zero-order valence-electron chi connectivity index (χ0n) is 8.65. The minimum absolute atomic E-state index is 0.0411. The fourth-order valence-electron chi connectivity index (χ4n) is 1.02. The Morgan fingerprint density at radius 2 is 2.14 bits per heavy atom. The number of carbonyl (C=O) groups is 2. The summed E-state index contributed by atoms with van der Waals surface area (Å²) >= 11 is 0. The number of aryl methyl sites for hydroxylation is 1. The second-order valence-corrected chi connectivity index (χ2v) is 3.60. The Balaban J connectivity index is 2.64. The molecule has 0 fully saturated rings. The third kappa shape index (κ3) is 2.52. The predicted octanol–water partition coefficient (Wildman–Crippen LogP) is 1.22. The first-order valence-corrected chi connectivity index (χ1v) is 4.56. The molecular formula is C10H14N2O2. The van der Waals surface area contributed by atoms with Gasteiger partial charge in [-0.1, -0.05) is 13.8 Å². The molecule has 76 valence electrons. The highest BCUT2D eigenvalue weighted by molar-refractivity contribution is 6.07. The van der Waals surface area contributed by atoms with E-state index in [0.717, 1.165) is 0 Å². The lowest BCUT2D eigenvalue weighted by atomic mass is 10.0. The Kier molecular flexibility index (Phi) is 3.17. The number of carbonyl (C=O) groups excluding carboxylic acids is 2. The van der Waals surface area contributed by atoms with E-state index in [0.29, 0.717) is 5.69 Å². The Morgan fingerprint density at radius 1 is 1.50 bits per heavy atom. The standard InChI is InChI=1S/C10H14N2O2/c1-7(2)9(13)6-10(14)8-4-5-12(3)11-8/h4-5,7H,6H2,1-3H3. The van der Waals surface area contributed by atoms with E-state index in [2.05, 4.69) is 5.10 Å². The van der Waals surface area contributed by atoms with Crippen molar-refractivity contribution in [3.05, 3.63) is 18.0 Å². The van der Waals surface area contributed by atoms with Gasteiger partial charge in [-0.2, -0.15) is 5.10 Å². The lowest BCUT2D eigenvalue weighted by Gasteiger charge is -2.00. The van der Waals surface area contributed by atoms with Crippen LogP contribution in [0.25, 0.3) is 0 Å². The van der Waals surface area contributed by atoms with Gasteiger partial charge in [-0.15, -0.1) is 0 Å². The molecule has 0 aliphatic carbocycles. The molecule has 1 aromatic heterocycles. The number of Topliss-reactive ketones (excluding diaryl/α,β-unsaturated/α-hetero) is 2. The summed E-state index contributed by atoms with van der Waals surface area (Å²) in [5.41, 5.74) is 0.363. The molecule has 0 unspecified atom stereocenters. The predicted molar refractivity (Wildman–Crippen MR) is 52.0 cm³/mol. The summed E-state index contributed by atoms with van der Waals surface area (Å²) in [5, 5.41) is 3.94. The van der Waals surface area contributed by atoms with Crippen molar-refractivity contribution in [2.24, 2.45) is 13.0 Å². The summed E-state index contributed by atoms with van der Waals surface area (Å²) in [5.74, 6) is -0.340. The number of rotatable bonds is 4. The summed E-state index contributed by atoms with van der Waals surface area (Å²) < 4.78 is 1.55. The molecule has 0 amide bonds. The van der Waals surface area contributed by atoms with E-state index in [1.807, 2.05) is 0 Å². The zero-order chi connectivity index (χ0) is 10.7. The van der Waals surface area contributed by atoms with Crippen molar-refractivity contribution in [3.63, 3.8) is 0 Å². The maximum atomic E-state index is 11.5.